The van der Waals surface area contributed by atoms with Gasteiger partial charge in [-0.15, -0.1) is 0 Å². The fourth-order valence-corrected chi connectivity index (χ4v) is 4.14. The molecule has 0 aliphatic rings. The first-order valence-electron chi connectivity index (χ1n) is 12.9. The van der Waals surface area contributed by atoms with Crippen LogP contribution in [0.25, 0.3) is 0 Å². The third-order valence-electron chi connectivity index (χ3n) is 6.16. The predicted octanol–water partition coefficient (Wildman–Crippen LogP) is 9.22. The van der Waals surface area contributed by atoms with Crippen LogP contribution in [0.15, 0.2) is 0 Å². The zero-order chi connectivity index (χ0) is 19.8. The summed E-state index contributed by atoms with van der Waals surface area (Å²) in [6, 6.07) is 0. The van der Waals surface area contributed by atoms with Gasteiger partial charge in [-0.2, -0.15) is 0 Å². The zero-order valence-electron chi connectivity index (χ0n) is 19.3. The maximum absolute atomic E-state index is 8.75. The maximum atomic E-state index is 8.75. The van der Waals surface area contributed by atoms with Crippen LogP contribution < -0.4 is 0 Å². The third-order valence-corrected chi connectivity index (χ3v) is 6.16. The van der Waals surface area contributed by atoms with Gasteiger partial charge in [-0.05, 0) is 12.3 Å². The molecule has 1 N–H and O–H groups in total. The molecule has 0 aromatic carbocycles. The smallest absolute Gasteiger partial charge is 0.0431 e. The van der Waals surface area contributed by atoms with E-state index in [4.69, 9.17) is 5.11 Å². The fourth-order valence-electron chi connectivity index (χ4n) is 4.14. The van der Waals surface area contributed by atoms with Crippen molar-refractivity contribution in [1.29, 1.82) is 0 Å². The Morgan fingerprint density at radius 2 is 0.741 bits per heavy atom. The second-order valence-corrected chi connectivity index (χ2v) is 9.12. The van der Waals surface area contributed by atoms with Gasteiger partial charge in [-0.25, -0.2) is 0 Å². The molecule has 1 atom stereocenters. The number of aliphatic hydroxyl groups excluding tert-OH is 1. The van der Waals surface area contributed by atoms with E-state index in [0.29, 0.717) is 6.61 Å². The van der Waals surface area contributed by atoms with Crippen LogP contribution in [0.1, 0.15) is 155 Å². The van der Waals surface area contributed by atoms with Crippen molar-refractivity contribution < 1.29 is 5.11 Å². The van der Waals surface area contributed by atoms with E-state index in [1.807, 2.05) is 0 Å². The molecule has 27 heavy (non-hydrogen) atoms. The van der Waals surface area contributed by atoms with Crippen molar-refractivity contribution >= 4 is 0 Å². The fraction of sp³-hybridized carbons (Fsp3) is 1.00. The van der Waals surface area contributed by atoms with Crippen LogP contribution in [0.5, 0.6) is 0 Å². The summed E-state index contributed by atoms with van der Waals surface area (Å²) in [4.78, 5) is 0. The predicted molar refractivity (Wildman–Crippen MR) is 123 cm³/mol. The van der Waals surface area contributed by atoms with Crippen molar-refractivity contribution in [2.45, 2.75) is 155 Å². The number of unbranched alkanes of at least 4 members (excludes halogenated alkanes) is 18. The average molecular weight is 383 g/mol. The Labute approximate surface area is 173 Å². The number of hydrogen-bond acceptors (Lipinski definition) is 1. The van der Waals surface area contributed by atoms with E-state index in [1.165, 1.54) is 135 Å². The summed E-state index contributed by atoms with van der Waals surface area (Å²) in [6.07, 6.45) is 31.0. The van der Waals surface area contributed by atoms with Gasteiger partial charge in [0.2, 0.25) is 0 Å². The molecule has 0 aromatic rings. The Morgan fingerprint density at radius 3 is 1.07 bits per heavy atom. The first-order chi connectivity index (χ1) is 13.3. The van der Waals surface area contributed by atoms with Crippen molar-refractivity contribution in [1.82, 2.24) is 0 Å². The lowest BCUT2D eigenvalue weighted by Crippen LogP contribution is -1.95. The van der Waals surface area contributed by atoms with Crippen LogP contribution in [0.2, 0.25) is 0 Å². The van der Waals surface area contributed by atoms with Crippen LogP contribution in [0.4, 0.5) is 0 Å². The second-order valence-electron chi connectivity index (χ2n) is 9.12. The van der Waals surface area contributed by atoms with E-state index in [-0.39, 0.29) is 0 Å². The molecular weight excluding hydrogens is 328 g/mol. The molecule has 0 amide bonds. The summed E-state index contributed by atoms with van der Waals surface area (Å²) < 4.78 is 0. The highest BCUT2D eigenvalue weighted by molar-refractivity contribution is 4.56. The first kappa shape index (κ1) is 27.0. The van der Waals surface area contributed by atoms with E-state index in [9.17, 15) is 0 Å². The van der Waals surface area contributed by atoms with Crippen molar-refractivity contribution in [2.24, 2.45) is 5.92 Å². The van der Waals surface area contributed by atoms with Crippen LogP contribution in [0.3, 0.4) is 0 Å². The van der Waals surface area contributed by atoms with E-state index < -0.39 is 0 Å². The van der Waals surface area contributed by atoms with Crippen LogP contribution in [-0.4, -0.2) is 11.7 Å². The van der Waals surface area contributed by atoms with Crippen LogP contribution in [-0.2, 0) is 0 Å². The standard InChI is InChI=1S/C26H54O/c1-3-4-5-6-7-14-17-20-23-26(2)24-21-18-15-12-10-8-9-11-13-16-19-22-25-27/h26-27H,3-25H2,1-2H3/t26-/m0/s1. The largest absolute Gasteiger partial charge is 0.396 e. The molecule has 0 saturated heterocycles. The molecule has 0 aliphatic carbocycles. The van der Waals surface area contributed by atoms with Crippen LogP contribution >= 0.6 is 0 Å². The summed E-state index contributed by atoms with van der Waals surface area (Å²) >= 11 is 0. The van der Waals surface area contributed by atoms with Crippen LogP contribution in [0, 0.1) is 5.92 Å². The van der Waals surface area contributed by atoms with Gasteiger partial charge >= 0.3 is 0 Å². The first-order valence-corrected chi connectivity index (χ1v) is 12.9. The summed E-state index contributed by atoms with van der Waals surface area (Å²) in [5.41, 5.74) is 0. The normalized spacial score (nSPS) is 12.6. The highest BCUT2D eigenvalue weighted by atomic mass is 16.2. The molecule has 1 nitrogen and oxygen atoms in total. The minimum atomic E-state index is 0.373. The molecule has 0 aromatic heterocycles. The number of rotatable bonds is 23. The highest BCUT2D eigenvalue weighted by Gasteiger charge is 2.02. The lowest BCUT2D eigenvalue weighted by molar-refractivity contribution is 0.282. The third kappa shape index (κ3) is 23.9. The molecule has 0 unspecified atom stereocenters. The van der Waals surface area contributed by atoms with Gasteiger partial charge < -0.3 is 5.11 Å². The molecule has 164 valence electrons. The molecule has 0 spiro atoms. The molecule has 1 heteroatoms. The van der Waals surface area contributed by atoms with Gasteiger partial charge in [0.05, 0.1) is 0 Å². The summed E-state index contributed by atoms with van der Waals surface area (Å²) in [7, 11) is 0. The van der Waals surface area contributed by atoms with Crippen molar-refractivity contribution in [3.63, 3.8) is 0 Å². The van der Waals surface area contributed by atoms with Gasteiger partial charge in [0.25, 0.3) is 0 Å². The Kier molecular flexibility index (Phi) is 24.0. The quantitative estimate of drug-likeness (QED) is 0.175. The molecule has 0 rings (SSSR count). The Morgan fingerprint density at radius 1 is 0.444 bits per heavy atom. The summed E-state index contributed by atoms with van der Waals surface area (Å²) in [5.74, 6) is 0.955. The molecular formula is C26H54O. The monoisotopic (exact) mass is 382 g/mol. The van der Waals surface area contributed by atoms with Gasteiger partial charge in [0.15, 0.2) is 0 Å². The summed E-state index contributed by atoms with van der Waals surface area (Å²) in [5, 5.41) is 8.75. The lowest BCUT2D eigenvalue weighted by Gasteiger charge is -2.11. The van der Waals surface area contributed by atoms with Gasteiger partial charge in [0, 0.05) is 6.61 Å². The van der Waals surface area contributed by atoms with Gasteiger partial charge in [0.1, 0.15) is 0 Å². The SMILES string of the molecule is CCCCCCCCCC[C@H](C)CCCCCCCCCCCCCCO. The molecule has 0 saturated carbocycles. The van der Waals surface area contributed by atoms with Crippen molar-refractivity contribution in [3.8, 4) is 0 Å². The Balaban J connectivity index is 3.11. The minimum Gasteiger partial charge on any atom is -0.396 e. The van der Waals surface area contributed by atoms with E-state index >= 15 is 0 Å². The van der Waals surface area contributed by atoms with Crippen molar-refractivity contribution in [2.75, 3.05) is 6.61 Å². The van der Waals surface area contributed by atoms with Gasteiger partial charge in [-0.3, -0.25) is 0 Å². The van der Waals surface area contributed by atoms with E-state index in [0.717, 1.165) is 12.3 Å². The number of hydrogen-bond donors (Lipinski definition) is 1. The molecule has 0 bridgehead atoms. The maximum Gasteiger partial charge on any atom is 0.0431 e. The molecule has 0 fully saturated rings. The minimum absolute atomic E-state index is 0.373. The highest BCUT2D eigenvalue weighted by Crippen LogP contribution is 2.19. The van der Waals surface area contributed by atoms with Crippen molar-refractivity contribution in [3.05, 3.63) is 0 Å². The number of aliphatic hydroxyl groups is 1. The van der Waals surface area contributed by atoms with E-state index in [1.54, 1.807) is 0 Å². The lowest BCUT2D eigenvalue weighted by atomic mass is 9.95. The average Bonchev–Trinajstić information content (AvgIpc) is 2.67. The van der Waals surface area contributed by atoms with Gasteiger partial charge in [-0.1, -0.05) is 149 Å². The molecule has 0 heterocycles. The topological polar surface area (TPSA) is 20.2 Å². The Bertz CT molecular complexity index is 251. The zero-order valence-corrected chi connectivity index (χ0v) is 19.3. The molecule has 0 radical (unpaired) electrons. The second kappa shape index (κ2) is 24.0. The van der Waals surface area contributed by atoms with E-state index in [2.05, 4.69) is 13.8 Å². The summed E-state index contributed by atoms with van der Waals surface area (Å²) in [6.45, 7) is 5.15. The Hall–Kier alpha value is -0.0400. The molecule has 0 aliphatic heterocycles.